The molecule has 94 valence electrons. The molecule has 0 aromatic carbocycles. The molecule has 1 aromatic rings. The smallest absolute Gasteiger partial charge is 0.134 e. The molecule has 0 aliphatic rings. The van der Waals surface area contributed by atoms with Gasteiger partial charge in [0.2, 0.25) is 0 Å². The van der Waals surface area contributed by atoms with Crippen molar-refractivity contribution in [2.24, 2.45) is 4.99 Å². The van der Waals surface area contributed by atoms with Crippen molar-refractivity contribution >= 4 is 12.0 Å². The molecule has 0 radical (unpaired) electrons. The van der Waals surface area contributed by atoms with Gasteiger partial charge in [0.15, 0.2) is 0 Å². The fourth-order valence-corrected chi connectivity index (χ4v) is 1.32. The van der Waals surface area contributed by atoms with Gasteiger partial charge in [0.05, 0.1) is 18.2 Å². The standard InChI is InChI=1S/C13H22N4/c1-7-10-11(15-9-17(5)6)8-14-12(16-10)13(2,3)4/h8-9H,7H2,1-6H3. The van der Waals surface area contributed by atoms with Crippen molar-refractivity contribution in [3.8, 4) is 0 Å². The highest BCUT2D eigenvalue weighted by molar-refractivity contribution is 5.61. The van der Waals surface area contributed by atoms with Crippen LogP contribution >= 0.6 is 0 Å². The minimum Gasteiger partial charge on any atom is -0.369 e. The van der Waals surface area contributed by atoms with Crippen LogP contribution in [0.4, 0.5) is 5.69 Å². The molecule has 0 N–H and O–H groups in total. The van der Waals surface area contributed by atoms with Crippen molar-refractivity contribution in [3.05, 3.63) is 17.7 Å². The average molecular weight is 234 g/mol. The van der Waals surface area contributed by atoms with Crippen LogP contribution in [0, 0.1) is 0 Å². The molecule has 0 fully saturated rings. The van der Waals surface area contributed by atoms with E-state index < -0.39 is 0 Å². The van der Waals surface area contributed by atoms with E-state index in [2.05, 4.69) is 42.7 Å². The summed E-state index contributed by atoms with van der Waals surface area (Å²) in [6, 6.07) is 0. The molecule has 1 rings (SSSR count). The van der Waals surface area contributed by atoms with E-state index in [0.29, 0.717) is 0 Å². The lowest BCUT2D eigenvalue weighted by Crippen LogP contribution is -2.16. The number of aliphatic imine (C=N–C) groups is 1. The van der Waals surface area contributed by atoms with Gasteiger partial charge in [-0.05, 0) is 6.42 Å². The molecule has 17 heavy (non-hydrogen) atoms. The predicted molar refractivity (Wildman–Crippen MR) is 71.9 cm³/mol. The highest BCUT2D eigenvalue weighted by atomic mass is 15.1. The van der Waals surface area contributed by atoms with Crippen molar-refractivity contribution in [2.45, 2.75) is 39.5 Å². The average Bonchev–Trinajstić information content (AvgIpc) is 2.24. The van der Waals surface area contributed by atoms with Gasteiger partial charge in [0, 0.05) is 19.5 Å². The van der Waals surface area contributed by atoms with E-state index in [4.69, 9.17) is 0 Å². The van der Waals surface area contributed by atoms with Gasteiger partial charge in [0.25, 0.3) is 0 Å². The van der Waals surface area contributed by atoms with E-state index in [1.165, 1.54) is 0 Å². The highest BCUT2D eigenvalue weighted by Crippen LogP contribution is 2.22. The van der Waals surface area contributed by atoms with Gasteiger partial charge >= 0.3 is 0 Å². The summed E-state index contributed by atoms with van der Waals surface area (Å²) < 4.78 is 0. The normalized spacial score (nSPS) is 12.1. The van der Waals surface area contributed by atoms with E-state index >= 15 is 0 Å². The maximum absolute atomic E-state index is 4.60. The van der Waals surface area contributed by atoms with Crippen LogP contribution in [0.15, 0.2) is 11.2 Å². The van der Waals surface area contributed by atoms with Crippen LogP contribution in [0.1, 0.15) is 39.2 Å². The van der Waals surface area contributed by atoms with Gasteiger partial charge in [-0.25, -0.2) is 15.0 Å². The van der Waals surface area contributed by atoms with Crippen molar-refractivity contribution in [2.75, 3.05) is 14.1 Å². The van der Waals surface area contributed by atoms with Gasteiger partial charge in [-0.15, -0.1) is 0 Å². The third kappa shape index (κ3) is 3.80. The predicted octanol–water partition coefficient (Wildman–Crippen LogP) is 2.56. The molecular formula is C13H22N4. The molecule has 0 bridgehead atoms. The van der Waals surface area contributed by atoms with E-state index in [-0.39, 0.29) is 5.41 Å². The number of rotatable bonds is 3. The number of nitrogens with zero attached hydrogens (tertiary/aromatic N) is 4. The molecule has 0 aliphatic heterocycles. The van der Waals surface area contributed by atoms with Gasteiger partial charge in [-0.3, -0.25) is 0 Å². The summed E-state index contributed by atoms with van der Waals surface area (Å²) in [6.45, 7) is 8.43. The second-order valence-electron chi connectivity index (χ2n) is 5.34. The maximum Gasteiger partial charge on any atom is 0.134 e. The van der Waals surface area contributed by atoms with Crippen LogP contribution in [0.25, 0.3) is 0 Å². The summed E-state index contributed by atoms with van der Waals surface area (Å²) in [4.78, 5) is 15.3. The lowest BCUT2D eigenvalue weighted by atomic mass is 9.95. The Morgan fingerprint density at radius 1 is 1.35 bits per heavy atom. The maximum atomic E-state index is 4.60. The third-order valence-electron chi connectivity index (χ3n) is 2.28. The summed E-state index contributed by atoms with van der Waals surface area (Å²) >= 11 is 0. The summed E-state index contributed by atoms with van der Waals surface area (Å²) in [6.07, 6.45) is 4.45. The molecule has 0 saturated carbocycles. The van der Waals surface area contributed by atoms with E-state index in [9.17, 15) is 0 Å². The topological polar surface area (TPSA) is 41.4 Å². The Kier molecular flexibility index (Phi) is 4.21. The molecule has 4 heteroatoms. The zero-order valence-corrected chi connectivity index (χ0v) is 11.7. The first kappa shape index (κ1) is 13.6. The van der Waals surface area contributed by atoms with Crippen molar-refractivity contribution in [1.29, 1.82) is 0 Å². The largest absolute Gasteiger partial charge is 0.369 e. The molecule has 0 amide bonds. The lowest BCUT2D eigenvalue weighted by molar-refractivity contribution is 0.542. The zero-order valence-electron chi connectivity index (χ0n) is 11.7. The number of hydrogen-bond acceptors (Lipinski definition) is 3. The van der Waals surface area contributed by atoms with E-state index in [0.717, 1.165) is 23.6 Å². The Bertz CT molecular complexity index is 402. The van der Waals surface area contributed by atoms with Crippen LogP contribution in [0.3, 0.4) is 0 Å². The van der Waals surface area contributed by atoms with E-state index in [1.54, 1.807) is 6.34 Å². The van der Waals surface area contributed by atoms with Gasteiger partial charge in [-0.1, -0.05) is 27.7 Å². The van der Waals surface area contributed by atoms with Crippen molar-refractivity contribution < 1.29 is 0 Å². The summed E-state index contributed by atoms with van der Waals surface area (Å²) in [7, 11) is 3.89. The monoisotopic (exact) mass is 234 g/mol. The second kappa shape index (κ2) is 5.25. The number of hydrogen-bond donors (Lipinski definition) is 0. The zero-order chi connectivity index (χ0) is 13.1. The van der Waals surface area contributed by atoms with Crippen molar-refractivity contribution in [3.63, 3.8) is 0 Å². The van der Waals surface area contributed by atoms with Crippen LogP contribution in [-0.2, 0) is 11.8 Å². The Labute approximate surface area is 104 Å². The van der Waals surface area contributed by atoms with Crippen LogP contribution in [0.5, 0.6) is 0 Å². The third-order valence-corrected chi connectivity index (χ3v) is 2.28. The van der Waals surface area contributed by atoms with Crippen LogP contribution in [-0.4, -0.2) is 35.3 Å². The summed E-state index contributed by atoms with van der Waals surface area (Å²) in [5, 5.41) is 0. The quantitative estimate of drug-likeness (QED) is 0.596. The number of aromatic nitrogens is 2. The van der Waals surface area contributed by atoms with Crippen molar-refractivity contribution in [1.82, 2.24) is 14.9 Å². The van der Waals surface area contributed by atoms with Crippen LogP contribution in [0.2, 0.25) is 0 Å². The Balaban J connectivity index is 3.10. The van der Waals surface area contributed by atoms with Gasteiger partial charge in [0.1, 0.15) is 11.5 Å². The molecule has 1 heterocycles. The Morgan fingerprint density at radius 2 is 2.00 bits per heavy atom. The molecule has 0 atom stereocenters. The molecule has 0 aliphatic carbocycles. The summed E-state index contributed by atoms with van der Waals surface area (Å²) in [5.74, 6) is 0.873. The van der Waals surface area contributed by atoms with Gasteiger partial charge < -0.3 is 4.90 Å². The molecule has 0 unspecified atom stereocenters. The molecule has 4 nitrogen and oxygen atoms in total. The Hall–Kier alpha value is -1.45. The molecule has 0 spiro atoms. The fourth-order valence-electron chi connectivity index (χ4n) is 1.32. The number of aryl methyl sites for hydroxylation is 1. The highest BCUT2D eigenvalue weighted by Gasteiger charge is 2.18. The van der Waals surface area contributed by atoms with E-state index in [1.807, 2.05) is 25.2 Å². The first-order chi connectivity index (χ1) is 7.84. The van der Waals surface area contributed by atoms with Crippen LogP contribution < -0.4 is 0 Å². The second-order valence-corrected chi connectivity index (χ2v) is 5.34. The van der Waals surface area contributed by atoms with Gasteiger partial charge in [-0.2, -0.15) is 0 Å². The first-order valence-electron chi connectivity index (χ1n) is 5.91. The fraction of sp³-hybridized carbons (Fsp3) is 0.615. The lowest BCUT2D eigenvalue weighted by Gasteiger charge is -2.17. The molecular weight excluding hydrogens is 212 g/mol. The molecule has 0 saturated heterocycles. The first-order valence-corrected chi connectivity index (χ1v) is 5.91. The SMILES string of the molecule is CCc1nc(C(C)(C)C)ncc1N=CN(C)C. The minimum atomic E-state index is -0.0201. The summed E-state index contributed by atoms with van der Waals surface area (Å²) in [5.41, 5.74) is 1.84. The minimum absolute atomic E-state index is 0.0201. The Morgan fingerprint density at radius 3 is 2.47 bits per heavy atom. The molecule has 1 aromatic heterocycles.